The first-order chi connectivity index (χ1) is 14.7. The van der Waals surface area contributed by atoms with Crippen molar-refractivity contribution in [2.24, 2.45) is 0 Å². The number of benzene rings is 4. The lowest BCUT2D eigenvalue weighted by atomic mass is 9.97. The normalized spacial score (nSPS) is 11.0. The maximum absolute atomic E-state index is 8.89. The molecule has 0 heterocycles. The van der Waals surface area contributed by atoms with Crippen molar-refractivity contribution >= 4 is 10.8 Å². The van der Waals surface area contributed by atoms with E-state index in [0.29, 0.717) is 13.2 Å². The van der Waals surface area contributed by atoms with Gasteiger partial charge in [0.15, 0.2) is 0 Å². The van der Waals surface area contributed by atoms with Gasteiger partial charge in [-0.25, -0.2) is 0 Å². The molecule has 0 fully saturated rings. The summed E-state index contributed by atoms with van der Waals surface area (Å²) in [5.74, 6) is 0.873. The van der Waals surface area contributed by atoms with Crippen molar-refractivity contribution < 1.29 is 9.84 Å². The maximum atomic E-state index is 8.89. The molecule has 0 bridgehead atoms. The van der Waals surface area contributed by atoms with E-state index in [4.69, 9.17) is 9.84 Å². The van der Waals surface area contributed by atoms with Gasteiger partial charge in [-0.2, -0.15) is 0 Å². The fraction of sp³-hybridized carbons (Fsp3) is 0.185. The summed E-state index contributed by atoms with van der Waals surface area (Å²) in [5, 5.41) is 14.5. The van der Waals surface area contributed by atoms with Crippen molar-refractivity contribution in [1.82, 2.24) is 5.32 Å². The molecule has 152 valence electrons. The van der Waals surface area contributed by atoms with Crippen LogP contribution in [0.25, 0.3) is 21.9 Å². The summed E-state index contributed by atoms with van der Waals surface area (Å²) in [6.07, 6.45) is 0. The molecule has 0 aliphatic carbocycles. The standard InChI is InChI=1S/C27H27NO2/c1-20-25(8-5-9-27(20)22-6-3-2-4-7-22)19-30-26-13-12-23-16-21(18-28-14-15-29)10-11-24(23)17-26/h2-13,16-17,28-29H,14-15,18-19H2,1H3. The molecular weight excluding hydrogens is 370 g/mol. The summed E-state index contributed by atoms with van der Waals surface area (Å²) in [6.45, 7) is 4.22. The van der Waals surface area contributed by atoms with Crippen LogP contribution in [0.5, 0.6) is 5.75 Å². The van der Waals surface area contributed by atoms with E-state index in [-0.39, 0.29) is 6.61 Å². The Kier molecular flexibility index (Phi) is 6.43. The first-order valence-corrected chi connectivity index (χ1v) is 10.4. The minimum absolute atomic E-state index is 0.155. The Morgan fingerprint density at radius 1 is 0.833 bits per heavy atom. The molecule has 4 aromatic rings. The molecule has 4 rings (SSSR count). The topological polar surface area (TPSA) is 41.5 Å². The first kappa shape index (κ1) is 20.1. The molecule has 30 heavy (non-hydrogen) atoms. The Morgan fingerprint density at radius 2 is 1.63 bits per heavy atom. The average molecular weight is 398 g/mol. The van der Waals surface area contributed by atoms with Crippen molar-refractivity contribution in [1.29, 1.82) is 0 Å². The lowest BCUT2D eigenvalue weighted by Crippen LogP contribution is -2.17. The third-order valence-electron chi connectivity index (χ3n) is 5.42. The van der Waals surface area contributed by atoms with E-state index in [1.807, 2.05) is 12.1 Å². The van der Waals surface area contributed by atoms with Gasteiger partial charge in [0.1, 0.15) is 12.4 Å². The van der Waals surface area contributed by atoms with Crippen LogP contribution >= 0.6 is 0 Å². The molecule has 0 saturated heterocycles. The molecule has 2 N–H and O–H groups in total. The zero-order valence-electron chi connectivity index (χ0n) is 17.3. The lowest BCUT2D eigenvalue weighted by molar-refractivity contribution is 0.292. The van der Waals surface area contributed by atoms with Crippen molar-refractivity contribution in [2.45, 2.75) is 20.1 Å². The summed E-state index contributed by atoms with van der Waals surface area (Å²) >= 11 is 0. The maximum Gasteiger partial charge on any atom is 0.120 e. The Morgan fingerprint density at radius 3 is 2.47 bits per heavy atom. The van der Waals surface area contributed by atoms with Crippen LogP contribution in [-0.2, 0) is 13.2 Å². The molecule has 0 radical (unpaired) electrons. The predicted molar refractivity (Wildman–Crippen MR) is 124 cm³/mol. The summed E-state index contributed by atoms with van der Waals surface area (Å²) in [5.41, 5.74) is 6.13. The number of fused-ring (bicyclic) bond motifs is 1. The fourth-order valence-corrected chi connectivity index (χ4v) is 3.72. The van der Waals surface area contributed by atoms with Crippen LogP contribution in [0.3, 0.4) is 0 Å². The second kappa shape index (κ2) is 9.57. The van der Waals surface area contributed by atoms with Gasteiger partial charge >= 0.3 is 0 Å². The first-order valence-electron chi connectivity index (χ1n) is 10.4. The zero-order chi connectivity index (χ0) is 20.8. The SMILES string of the molecule is Cc1c(COc2ccc3cc(CNCCO)ccc3c2)cccc1-c1ccccc1. The number of hydrogen-bond acceptors (Lipinski definition) is 3. The highest BCUT2D eigenvalue weighted by Gasteiger charge is 2.07. The minimum atomic E-state index is 0.155. The molecule has 0 saturated carbocycles. The van der Waals surface area contributed by atoms with Gasteiger partial charge in [-0.05, 0) is 63.7 Å². The molecule has 0 unspecified atom stereocenters. The average Bonchev–Trinajstić information content (AvgIpc) is 2.79. The quantitative estimate of drug-likeness (QED) is 0.387. The number of rotatable bonds is 8. The van der Waals surface area contributed by atoms with Crippen molar-refractivity contribution in [3.05, 3.63) is 102 Å². The molecule has 3 nitrogen and oxygen atoms in total. The third-order valence-corrected chi connectivity index (χ3v) is 5.42. The predicted octanol–water partition coefficient (Wildman–Crippen LogP) is 5.48. The number of aliphatic hydroxyl groups excluding tert-OH is 1. The summed E-state index contributed by atoms with van der Waals surface area (Å²) in [6, 6.07) is 29.5. The van der Waals surface area contributed by atoms with Gasteiger partial charge in [-0.3, -0.25) is 0 Å². The van der Waals surface area contributed by atoms with E-state index in [1.165, 1.54) is 33.2 Å². The molecule has 0 aliphatic heterocycles. The van der Waals surface area contributed by atoms with Gasteiger partial charge in [-0.15, -0.1) is 0 Å². The smallest absolute Gasteiger partial charge is 0.120 e. The molecule has 0 amide bonds. The van der Waals surface area contributed by atoms with Crippen LogP contribution in [-0.4, -0.2) is 18.3 Å². The number of hydrogen-bond donors (Lipinski definition) is 2. The second-order valence-electron chi connectivity index (χ2n) is 7.49. The van der Waals surface area contributed by atoms with E-state index in [1.54, 1.807) is 0 Å². The summed E-state index contributed by atoms with van der Waals surface area (Å²) in [4.78, 5) is 0. The minimum Gasteiger partial charge on any atom is -0.489 e. The lowest BCUT2D eigenvalue weighted by Gasteiger charge is -2.13. The van der Waals surface area contributed by atoms with Crippen LogP contribution in [0.15, 0.2) is 84.9 Å². The monoisotopic (exact) mass is 397 g/mol. The van der Waals surface area contributed by atoms with E-state index >= 15 is 0 Å². The third kappa shape index (κ3) is 4.70. The Hall–Kier alpha value is -3.14. The van der Waals surface area contributed by atoms with E-state index < -0.39 is 0 Å². The van der Waals surface area contributed by atoms with Gasteiger partial charge in [-0.1, -0.05) is 66.7 Å². The fourth-order valence-electron chi connectivity index (χ4n) is 3.72. The van der Waals surface area contributed by atoms with Gasteiger partial charge in [0.25, 0.3) is 0 Å². The van der Waals surface area contributed by atoms with Crippen LogP contribution in [0.4, 0.5) is 0 Å². The van der Waals surface area contributed by atoms with Crippen molar-refractivity contribution in [3.63, 3.8) is 0 Å². The van der Waals surface area contributed by atoms with Gasteiger partial charge in [0, 0.05) is 13.1 Å². The highest BCUT2D eigenvalue weighted by molar-refractivity contribution is 5.84. The highest BCUT2D eigenvalue weighted by atomic mass is 16.5. The molecule has 0 spiro atoms. The number of aliphatic hydroxyl groups is 1. The van der Waals surface area contributed by atoms with Crippen LogP contribution in [0.2, 0.25) is 0 Å². The molecular formula is C27H27NO2. The van der Waals surface area contributed by atoms with Crippen LogP contribution in [0, 0.1) is 6.92 Å². The number of ether oxygens (including phenoxy) is 1. The zero-order valence-corrected chi connectivity index (χ0v) is 17.3. The van der Waals surface area contributed by atoms with Crippen molar-refractivity contribution in [3.8, 4) is 16.9 Å². The Balaban J connectivity index is 1.48. The summed E-state index contributed by atoms with van der Waals surface area (Å²) < 4.78 is 6.14. The molecule has 0 aromatic heterocycles. The summed E-state index contributed by atoms with van der Waals surface area (Å²) in [7, 11) is 0. The van der Waals surface area contributed by atoms with E-state index in [9.17, 15) is 0 Å². The van der Waals surface area contributed by atoms with Crippen LogP contribution in [0.1, 0.15) is 16.7 Å². The Bertz CT molecular complexity index is 1120. The van der Waals surface area contributed by atoms with Gasteiger partial charge in [0.05, 0.1) is 6.61 Å². The second-order valence-corrected chi connectivity index (χ2v) is 7.49. The largest absolute Gasteiger partial charge is 0.489 e. The van der Waals surface area contributed by atoms with E-state index in [2.05, 4.69) is 85.0 Å². The molecule has 0 atom stereocenters. The molecule has 0 aliphatic rings. The van der Waals surface area contributed by atoms with Gasteiger partial charge in [0.2, 0.25) is 0 Å². The molecule has 4 aromatic carbocycles. The van der Waals surface area contributed by atoms with Crippen LogP contribution < -0.4 is 10.1 Å². The van der Waals surface area contributed by atoms with Gasteiger partial charge < -0.3 is 15.2 Å². The highest BCUT2D eigenvalue weighted by Crippen LogP contribution is 2.27. The van der Waals surface area contributed by atoms with E-state index in [0.717, 1.165) is 17.7 Å². The number of nitrogens with one attached hydrogen (secondary N) is 1. The van der Waals surface area contributed by atoms with Crippen molar-refractivity contribution in [2.75, 3.05) is 13.2 Å². The molecule has 3 heteroatoms. The Labute approximate surface area is 178 Å².